The number of alkyl halides is 2. The summed E-state index contributed by atoms with van der Waals surface area (Å²) in [5, 5.41) is 13.8. The van der Waals surface area contributed by atoms with Crippen molar-refractivity contribution >= 4 is 17.5 Å². The van der Waals surface area contributed by atoms with Gasteiger partial charge in [-0.25, -0.2) is 4.68 Å². The summed E-state index contributed by atoms with van der Waals surface area (Å²) in [6.45, 7) is -1.24. The molecular formula is C17H18ClF2N3O3. The molecule has 1 aliphatic rings. The monoisotopic (exact) mass is 385 g/mol. The van der Waals surface area contributed by atoms with Crippen molar-refractivity contribution in [1.82, 2.24) is 14.7 Å². The van der Waals surface area contributed by atoms with Gasteiger partial charge in [0.1, 0.15) is 6.10 Å². The minimum Gasteiger partial charge on any atom is -0.394 e. The minimum absolute atomic E-state index is 0.0848. The van der Waals surface area contributed by atoms with Crippen molar-refractivity contribution in [3.8, 4) is 0 Å². The van der Waals surface area contributed by atoms with Gasteiger partial charge >= 0.3 is 6.55 Å². The molecule has 1 fully saturated rings. The molecule has 0 saturated carbocycles. The number of carbonyl (C=O) groups excluding carboxylic acids is 1. The highest BCUT2D eigenvalue weighted by atomic mass is 35.5. The number of hydrogen-bond acceptors (Lipinski definition) is 4. The molecule has 1 aromatic carbocycles. The zero-order valence-electron chi connectivity index (χ0n) is 14.0. The van der Waals surface area contributed by atoms with Crippen LogP contribution >= 0.6 is 11.6 Å². The summed E-state index contributed by atoms with van der Waals surface area (Å²) in [7, 11) is 0. The van der Waals surface area contributed by atoms with Gasteiger partial charge in [-0.3, -0.25) is 4.79 Å². The molecule has 1 amide bonds. The summed E-state index contributed by atoms with van der Waals surface area (Å²) < 4.78 is 32.0. The Bertz CT molecular complexity index is 799. The number of rotatable bonds is 4. The van der Waals surface area contributed by atoms with E-state index in [1.807, 2.05) is 0 Å². The normalized spacial score (nSPS) is 20.6. The SMILES string of the molecule is Cc1cc(C(=O)N2CCO[C@@H](CO)[C@@H]2c2ccccc2Cl)nn1C(F)F. The standard InChI is InChI=1S/C17H18ClF2N3O3/c1-10-8-13(21-23(10)17(19)20)16(25)22-6-7-26-14(9-24)15(22)11-4-2-3-5-12(11)18/h2-5,8,14-15,17,24H,6-7,9H2,1H3/t14-,15-/m0/s1. The number of aliphatic hydroxyl groups excluding tert-OH is 1. The minimum atomic E-state index is -2.83. The number of amides is 1. The van der Waals surface area contributed by atoms with Gasteiger partial charge in [0.05, 0.1) is 19.3 Å². The van der Waals surface area contributed by atoms with E-state index in [1.165, 1.54) is 17.9 Å². The lowest BCUT2D eigenvalue weighted by Gasteiger charge is -2.40. The van der Waals surface area contributed by atoms with Gasteiger partial charge in [-0.2, -0.15) is 13.9 Å². The van der Waals surface area contributed by atoms with Gasteiger partial charge in [-0.05, 0) is 24.6 Å². The number of ether oxygens (including phenoxy) is 1. The van der Waals surface area contributed by atoms with Crippen molar-refractivity contribution in [2.45, 2.75) is 25.6 Å². The molecule has 2 aromatic rings. The Balaban J connectivity index is 1.99. The van der Waals surface area contributed by atoms with Gasteiger partial charge in [-0.15, -0.1) is 0 Å². The lowest BCUT2D eigenvalue weighted by Crippen LogP contribution is -2.49. The molecule has 2 atom stereocenters. The highest BCUT2D eigenvalue weighted by Crippen LogP contribution is 2.34. The summed E-state index contributed by atoms with van der Waals surface area (Å²) in [5.74, 6) is -0.515. The Kier molecular flexibility index (Phi) is 5.55. The van der Waals surface area contributed by atoms with Crippen molar-refractivity contribution in [2.24, 2.45) is 0 Å². The van der Waals surface area contributed by atoms with Crippen molar-refractivity contribution in [1.29, 1.82) is 0 Å². The quantitative estimate of drug-likeness (QED) is 0.878. The van der Waals surface area contributed by atoms with Crippen LogP contribution in [-0.2, 0) is 4.74 Å². The first-order chi connectivity index (χ1) is 12.4. The molecule has 3 rings (SSSR count). The zero-order chi connectivity index (χ0) is 18.8. The third kappa shape index (κ3) is 3.44. The third-order valence-electron chi connectivity index (χ3n) is 4.34. The summed E-state index contributed by atoms with van der Waals surface area (Å²) in [5.41, 5.74) is 0.717. The highest BCUT2D eigenvalue weighted by Gasteiger charge is 2.38. The molecule has 140 valence electrons. The Morgan fingerprint density at radius 2 is 2.19 bits per heavy atom. The van der Waals surface area contributed by atoms with E-state index in [1.54, 1.807) is 24.3 Å². The number of carbonyl (C=O) groups is 1. The van der Waals surface area contributed by atoms with Gasteiger partial charge in [-0.1, -0.05) is 29.8 Å². The fraction of sp³-hybridized carbons (Fsp3) is 0.412. The fourth-order valence-corrected chi connectivity index (χ4v) is 3.38. The van der Waals surface area contributed by atoms with E-state index in [0.717, 1.165) is 0 Å². The molecule has 1 N–H and O–H groups in total. The van der Waals surface area contributed by atoms with Crippen LogP contribution in [0.25, 0.3) is 0 Å². The van der Waals surface area contributed by atoms with Crippen LogP contribution in [0, 0.1) is 6.92 Å². The predicted molar refractivity (Wildman–Crippen MR) is 90.3 cm³/mol. The molecule has 1 aromatic heterocycles. The van der Waals surface area contributed by atoms with E-state index in [2.05, 4.69) is 5.10 Å². The predicted octanol–water partition coefficient (Wildman–Crippen LogP) is 2.81. The number of nitrogens with zero attached hydrogens (tertiary/aromatic N) is 3. The average Bonchev–Trinajstić information content (AvgIpc) is 3.03. The molecule has 0 radical (unpaired) electrons. The smallest absolute Gasteiger partial charge is 0.333 e. The van der Waals surface area contributed by atoms with Crippen LogP contribution in [0.1, 0.15) is 34.3 Å². The van der Waals surface area contributed by atoms with Crippen molar-refractivity contribution in [3.05, 3.63) is 52.3 Å². The van der Waals surface area contributed by atoms with Gasteiger partial charge in [0, 0.05) is 17.3 Å². The lowest BCUT2D eigenvalue weighted by molar-refractivity contribution is -0.0812. The molecule has 0 spiro atoms. The summed E-state index contributed by atoms with van der Waals surface area (Å²) >= 11 is 6.27. The van der Waals surface area contributed by atoms with Crippen LogP contribution in [0.2, 0.25) is 5.02 Å². The summed E-state index contributed by atoms with van der Waals surface area (Å²) in [6, 6.07) is 7.62. The van der Waals surface area contributed by atoms with Crippen molar-refractivity contribution in [3.63, 3.8) is 0 Å². The van der Waals surface area contributed by atoms with Crippen LogP contribution < -0.4 is 0 Å². The van der Waals surface area contributed by atoms with E-state index in [4.69, 9.17) is 16.3 Å². The third-order valence-corrected chi connectivity index (χ3v) is 4.69. The van der Waals surface area contributed by atoms with Crippen LogP contribution in [0.15, 0.2) is 30.3 Å². The maximum absolute atomic E-state index is 13.0. The number of benzene rings is 1. The number of aryl methyl sites for hydroxylation is 1. The molecule has 0 bridgehead atoms. The van der Waals surface area contributed by atoms with Crippen LogP contribution in [0.5, 0.6) is 0 Å². The molecule has 9 heteroatoms. The molecular weight excluding hydrogens is 368 g/mol. The largest absolute Gasteiger partial charge is 0.394 e. The van der Waals surface area contributed by atoms with Crippen molar-refractivity contribution < 1.29 is 23.4 Å². The number of aliphatic hydroxyl groups is 1. The number of halogens is 3. The number of morpholine rings is 1. The molecule has 1 saturated heterocycles. The summed E-state index contributed by atoms with van der Waals surface area (Å²) in [6.07, 6.45) is -0.675. The Hall–Kier alpha value is -2.03. The van der Waals surface area contributed by atoms with Gasteiger partial charge < -0.3 is 14.7 Å². The van der Waals surface area contributed by atoms with Crippen LogP contribution in [-0.4, -0.2) is 51.6 Å². The maximum atomic E-state index is 13.0. The van der Waals surface area contributed by atoms with Gasteiger partial charge in [0.2, 0.25) is 0 Å². The zero-order valence-corrected chi connectivity index (χ0v) is 14.7. The topological polar surface area (TPSA) is 67.6 Å². The number of aromatic nitrogens is 2. The van der Waals surface area contributed by atoms with E-state index < -0.39 is 24.6 Å². The molecule has 2 heterocycles. The molecule has 1 aliphatic heterocycles. The van der Waals surface area contributed by atoms with E-state index in [0.29, 0.717) is 15.3 Å². The molecule has 0 unspecified atom stereocenters. The van der Waals surface area contributed by atoms with E-state index >= 15 is 0 Å². The summed E-state index contributed by atoms with van der Waals surface area (Å²) in [4.78, 5) is 14.4. The second kappa shape index (κ2) is 7.69. The first-order valence-electron chi connectivity index (χ1n) is 8.06. The lowest BCUT2D eigenvalue weighted by atomic mass is 9.97. The second-order valence-electron chi connectivity index (χ2n) is 5.95. The van der Waals surface area contributed by atoms with Crippen molar-refractivity contribution in [2.75, 3.05) is 19.8 Å². The van der Waals surface area contributed by atoms with Crippen LogP contribution in [0.4, 0.5) is 8.78 Å². The first-order valence-corrected chi connectivity index (χ1v) is 8.44. The van der Waals surface area contributed by atoms with Crippen LogP contribution in [0.3, 0.4) is 0 Å². The Labute approximate surface area is 153 Å². The fourth-order valence-electron chi connectivity index (χ4n) is 3.13. The second-order valence-corrected chi connectivity index (χ2v) is 6.36. The molecule has 0 aliphatic carbocycles. The molecule has 26 heavy (non-hydrogen) atoms. The van der Waals surface area contributed by atoms with Gasteiger partial charge in [0.25, 0.3) is 5.91 Å². The van der Waals surface area contributed by atoms with E-state index in [9.17, 15) is 18.7 Å². The van der Waals surface area contributed by atoms with Gasteiger partial charge in [0.15, 0.2) is 5.69 Å². The van der Waals surface area contributed by atoms with E-state index in [-0.39, 0.29) is 31.1 Å². The number of hydrogen-bond donors (Lipinski definition) is 1. The Morgan fingerprint density at radius 3 is 2.81 bits per heavy atom. The average molecular weight is 386 g/mol. The Morgan fingerprint density at radius 1 is 1.46 bits per heavy atom. The first kappa shape index (κ1) is 18.8. The maximum Gasteiger partial charge on any atom is 0.333 e. The highest BCUT2D eigenvalue weighted by molar-refractivity contribution is 6.31. The molecule has 6 nitrogen and oxygen atoms in total.